The first-order chi connectivity index (χ1) is 11.8. The molecule has 0 radical (unpaired) electrons. The van der Waals surface area contributed by atoms with E-state index in [0.717, 1.165) is 45.7 Å². The number of nitrogens with zero attached hydrogens (tertiary/aromatic N) is 4. The standard InChI is InChI=1S/C19H28N4O/c1-2-23-15-18(12-20-23)13-21-9-10-22(19(16-21)8-11-24)14-17-6-4-3-5-7-17/h3-7,12,15,19,24H,2,8-11,13-14,16H2,1H3. The lowest BCUT2D eigenvalue weighted by atomic mass is 10.1. The van der Waals surface area contributed by atoms with Gasteiger partial charge >= 0.3 is 0 Å². The van der Waals surface area contributed by atoms with Gasteiger partial charge in [-0.05, 0) is 18.9 Å². The third kappa shape index (κ3) is 4.44. The van der Waals surface area contributed by atoms with Crippen molar-refractivity contribution in [3.63, 3.8) is 0 Å². The highest BCUT2D eigenvalue weighted by Gasteiger charge is 2.26. The van der Waals surface area contributed by atoms with Gasteiger partial charge in [-0.15, -0.1) is 0 Å². The van der Waals surface area contributed by atoms with Crippen molar-refractivity contribution in [2.75, 3.05) is 26.2 Å². The van der Waals surface area contributed by atoms with Gasteiger partial charge in [0, 0.05) is 63.7 Å². The molecule has 1 aliphatic rings. The predicted molar refractivity (Wildman–Crippen MR) is 95.5 cm³/mol. The van der Waals surface area contributed by atoms with Gasteiger partial charge in [0.1, 0.15) is 0 Å². The van der Waals surface area contributed by atoms with Crippen molar-refractivity contribution >= 4 is 0 Å². The maximum Gasteiger partial charge on any atom is 0.0534 e. The van der Waals surface area contributed by atoms with Gasteiger partial charge in [-0.2, -0.15) is 5.10 Å². The summed E-state index contributed by atoms with van der Waals surface area (Å²) >= 11 is 0. The van der Waals surface area contributed by atoms with Crippen LogP contribution >= 0.6 is 0 Å². The van der Waals surface area contributed by atoms with E-state index < -0.39 is 0 Å². The molecule has 2 aromatic rings. The number of aliphatic hydroxyl groups excluding tert-OH is 1. The summed E-state index contributed by atoms with van der Waals surface area (Å²) in [5.41, 5.74) is 2.62. The van der Waals surface area contributed by atoms with E-state index >= 15 is 0 Å². The molecule has 0 aliphatic carbocycles. The minimum Gasteiger partial charge on any atom is -0.396 e. The van der Waals surface area contributed by atoms with Crippen LogP contribution in [0.4, 0.5) is 0 Å². The van der Waals surface area contributed by atoms with Gasteiger partial charge in [0.25, 0.3) is 0 Å². The number of aromatic nitrogens is 2. The van der Waals surface area contributed by atoms with Crippen LogP contribution in [-0.2, 0) is 19.6 Å². The molecule has 130 valence electrons. The molecule has 0 amide bonds. The van der Waals surface area contributed by atoms with Crippen LogP contribution in [0, 0.1) is 0 Å². The number of rotatable bonds is 7. The quantitative estimate of drug-likeness (QED) is 0.844. The normalized spacial score (nSPS) is 19.7. The van der Waals surface area contributed by atoms with E-state index in [1.54, 1.807) is 0 Å². The third-order valence-electron chi connectivity index (χ3n) is 4.80. The lowest BCUT2D eigenvalue weighted by molar-refractivity contribution is 0.0500. The van der Waals surface area contributed by atoms with Gasteiger partial charge in [0.15, 0.2) is 0 Å². The maximum absolute atomic E-state index is 9.46. The Hall–Kier alpha value is -1.69. The van der Waals surface area contributed by atoms with Gasteiger partial charge < -0.3 is 5.11 Å². The van der Waals surface area contributed by atoms with Crippen LogP contribution in [-0.4, -0.2) is 57.0 Å². The van der Waals surface area contributed by atoms with E-state index in [1.807, 2.05) is 10.9 Å². The SMILES string of the molecule is CCn1cc(CN2CCN(Cc3ccccc3)C(CCO)C2)cn1. The molecule has 1 N–H and O–H groups in total. The molecule has 0 bridgehead atoms. The molecule has 1 aromatic carbocycles. The smallest absolute Gasteiger partial charge is 0.0534 e. The summed E-state index contributed by atoms with van der Waals surface area (Å²) in [6.07, 6.45) is 4.94. The van der Waals surface area contributed by atoms with E-state index in [-0.39, 0.29) is 6.61 Å². The zero-order valence-electron chi connectivity index (χ0n) is 14.5. The fraction of sp³-hybridized carbons (Fsp3) is 0.526. The van der Waals surface area contributed by atoms with Crippen LogP contribution in [0.1, 0.15) is 24.5 Å². The van der Waals surface area contributed by atoms with E-state index in [1.165, 1.54) is 11.1 Å². The average Bonchev–Trinajstić information content (AvgIpc) is 3.06. The Morgan fingerprint density at radius 3 is 2.67 bits per heavy atom. The minimum absolute atomic E-state index is 0.248. The number of benzene rings is 1. The molecular formula is C19H28N4O. The van der Waals surface area contributed by atoms with Gasteiger partial charge in [0.2, 0.25) is 0 Å². The number of aliphatic hydroxyl groups is 1. The van der Waals surface area contributed by atoms with Gasteiger partial charge in [-0.3, -0.25) is 14.5 Å². The van der Waals surface area contributed by atoms with Gasteiger partial charge in [-0.1, -0.05) is 30.3 Å². The Morgan fingerprint density at radius 1 is 1.12 bits per heavy atom. The molecule has 1 saturated heterocycles. The molecule has 2 heterocycles. The minimum atomic E-state index is 0.248. The van der Waals surface area contributed by atoms with Crippen molar-refractivity contribution in [2.24, 2.45) is 0 Å². The zero-order chi connectivity index (χ0) is 16.8. The summed E-state index contributed by atoms with van der Waals surface area (Å²) in [5.74, 6) is 0. The molecule has 5 nitrogen and oxygen atoms in total. The summed E-state index contributed by atoms with van der Waals surface area (Å²) in [6, 6.07) is 11.0. The zero-order valence-corrected chi connectivity index (χ0v) is 14.5. The van der Waals surface area contributed by atoms with Gasteiger partial charge in [-0.25, -0.2) is 0 Å². The van der Waals surface area contributed by atoms with Crippen LogP contribution in [0.2, 0.25) is 0 Å². The lowest BCUT2D eigenvalue weighted by Crippen LogP contribution is -2.52. The van der Waals surface area contributed by atoms with Crippen LogP contribution in [0.3, 0.4) is 0 Å². The molecule has 0 spiro atoms. The molecule has 1 aromatic heterocycles. The summed E-state index contributed by atoms with van der Waals surface area (Å²) < 4.78 is 1.98. The molecule has 1 unspecified atom stereocenters. The number of hydrogen-bond acceptors (Lipinski definition) is 4. The second kappa shape index (κ2) is 8.42. The van der Waals surface area contributed by atoms with E-state index in [2.05, 4.69) is 58.4 Å². The Kier molecular flexibility index (Phi) is 6.01. The lowest BCUT2D eigenvalue weighted by Gasteiger charge is -2.41. The monoisotopic (exact) mass is 328 g/mol. The van der Waals surface area contributed by atoms with Crippen molar-refractivity contribution in [2.45, 2.75) is 39.0 Å². The van der Waals surface area contributed by atoms with Crippen LogP contribution in [0.5, 0.6) is 0 Å². The first kappa shape index (κ1) is 17.1. The fourth-order valence-corrected chi connectivity index (χ4v) is 3.47. The molecule has 5 heteroatoms. The van der Waals surface area contributed by atoms with Crippen LogP contribution in [0.25, 0.3) is 0 Å². The number of aryl methyl sites for hydroxylation is 1. The topological polar surface area (TPSA) is 44.5 Å². The van der Waals surface area contributed by atoms with E-state index in [0.29, 0.717) is 6.04 Å². The summed E-state index contributed by atoms with van der Waals surface area (Å²) in [5, 5.41) is 13.8. The highest BCUT2D eigenvalue weighted by Crippen LogP contribution is 2.18. The largest absolute Gasteiger partial charge is 0.396 e. The second-order valence-electron chi connectivity index (χ2n) is 6.56. The Morgan fingerprint density at radius 2 is 1.96 bits per heavy atom. The molecule has 1 aliphatic heterocycles. The maximum atomic E-state index is 9.46. The van der Waals surface area contributed by atoms with Crippen molar-refractivity contribution in [1.29, 1.82) is 0 Å². The summed E-state index contributed by atoms with van der Waals surface area (Å²) in [7, 11) is 0. The number of hydrogen-bond donors (Lipinski definition) is 1. The van der Waals surface area contributed by atoms with Crippen molar-refractivity contribution in [3.05, 3.63) is 53.9 Å². The van der Waals surface area contributed by atoms with Crippen molar-refractivity contribution in [3.8, 4) is 0 Å². The molecule has 3 rings (SSSR count). The fourth-order valence-electron chi connectivity index (χ4n) is 3.47. The Balaban J connectivity index is 1.60. The molecule has 24 heavy (non-hydrogen) atoms. The molecular weight excluding hydrogens is 300 g/mol. The predicted octanol–water partition coefficient (Wildman–Crippen LogP) is 1.97. The highest BCUT2D eigenvalue weighted by molar-refractivity contribution is 5.15. The summed E-state index contributed by atoms with van der Waals surface area (Å²) in [6.45, 7) is 8.29. The van der Waals surface area contributed by atoms with Crippen LogP contribution < -0.4 is 0 Å². The van der Waals surface area contributed by atoms with E-state index in [9.17, 15) is 5.11 Å². The number of piperazine rings is 1. The second-order valence-corrected chi connectivity index (χ2v) is 6.56. The van der Waals surface area contributed by atoms with Crippen molar-refractivity contribution < 1.29 is 5.11 Å². The molecule has 0 saturated carbocycles. The van der Waals surface area contributed by atoms with Crippen molar-refractivity contribution in [1.82, 2.24) is 19.6 Å². The third-order valence-corrected chi connectivity index (χ3v) is 4.80. The molecule has 1 fully saturated rings. The van der Waals surface area contributed by atoms with E-state index in [4.69, 9.17) is 0 Å². The first-order valence-corrected chi connectivity index (χ1v) is 8.91. The first-order valence-electron chi connectivity index (χ1n) is 8.91. The van der Waals surface area contributed by atoms with Crippen LogP contribution in [0.15, 0.2) is 42.7 Å². The highest BCUT2D eigenvalue weighted by atomic mass is 16.3. The Bertz CT molecular complexity index is 613. The van der Waals surface area contributed by atoms with Gasteiger partial charge in [0.05, 0.1) is 6.20 Å². The summed E-state index contributed by atoms with van der Waals surface area (Å²) in [4.78, 5) is 5.00. The molecule has 1 atom stereocenters. The average molecular weight is 328 g/mol. The Labute approximate surface area is 144 Å².